The number of ketones is 1. The van der Waals surface area contributed by atoms with Crippen LogP contribution in [0.2, 0.25) is 0 Å². The number of carbonyl (C=O) groups is 1. The average Bonchev–Trinajstić information content (AvgIpc) is 2.18. The summed E-state index contributed by atoms with van der Waals surface area (Å²) < 4.78 is 0. The summed E-state index contributed by atoms with van der Waals surface area (Å²) in [5, 5.41) is 0. The van der Waals surface area contributed by atoms with Gasteiger partial charge in [0.05, 0.1) is 5.69 Å². The van der Waals surface area contributed by atoms with Gasteiger partial charge in [0.2, 0.25) is 0 Å². The van der Waals surface area contributed by atoms with Gasteiger partial charge in [-0.05, 0) is 36.7 Å². The van der Waals surface area contributed by atoms with Crippen molar-refractivity contribution in [3.8, 4) is 0 Å². The molecule has 2 heteroatoms. The predicted octanol–water partition coefficient (Wildman–Crippen LogP) is 3.01. The van der Waals surface area contributed by atoms with Gasteiger partial charge in [-0.3, -0.25) is 4.79 Å². The van der Waals surface area contributed by atoms with E-state index in [2.05, 4.69) is 17.4 Å². The van der Waals surface area contributed by atoms with Crippen molar-refractivity contribution in [1.29, 1.82) is 0 Å². The molecular formula is C12H13NO. The largest absolute Gasteiger partial charge is 0.294 e. The maximum absolute atomic E-state index is 11.6. The van der Waals surface area contributed by atoms with E-state index >= 15 is 0 Å². The van der Waals surface area contributed by atoms with Crippen molar-refractivity contribution < 1.29 is 4.79 Å². The van der Waals surface area contributed by atoms with Gasteiger partial charge in [-0.25, -0.2) is 4.99 Å². The van der Waals surface area contributed by atoms with Gasteiger partial charge in [-0.15, -0.1) is 0 Å². The first-order valence-electron chi connectivity index (χ1n) is 4.52. The molecular weight excluding hydrogens is 174 g/mol. The second-order valence-corrected chi connectivity index (χ2v) is 3.34. The minimum atomic E-state index is 0.0313. The Morgan fingerprint density at radius 3 is 2.36 bits per heavy atom. The number of rotatable bonds is 3. The van der Waals surface area contributed by atoms with Gasteiger partial charge in [0, 0.05) is 11.5 Å². The van der Waals surface area contributed by atoms with E-state index in [1.54, 1.807) is 24.3 Å². The normalized spacial score (nSPS) is 9.64. The van der Waals surface area contributed by atoms with Crippen LogP contribution >= 0.6 is 0 Å². The van der Waals surface area contributed by atoms with E-state index in [0.29, 0.717) is 0 Å². The van der Waals surface area contributed by atoms with Crippen molar-refractivity contribution in [1.82, 2.24) is 0 Å². The fraction of sp³-hybridized carbons (Fsp3) is 0.250. The number of nitrogens with zero attached hydrogens (tertiary/aromatic N) is 1. The minimum Gasteiger partial charge on any atom is -0.294 e. The second kappa shape index (κ2) is 4.54. The molecule has 0 saturated carbocycles. The van der Waals surface area contributed by atoms with Gasteiger partial charge >= 0.3 is 0 Å². The number of carbonyl (C=O) groups excluding carboxylic acids is 1. The predicted molar refractivity (Wildman–Crippen MR) is 58.3 cm³/mol. The molecule has 0 aliphatic heterocycles. The highest BCUT2D eigenvalue weighted by Gasteiger charge is 2.09. The van der Waals surface area contributed by atoms with Crippen LogP contribution in [0, 0.1) is 5.92 Å². The molecule has 1 rings (SSSR count). The van der Waals surface area contributed by atoms with Crippen LogP contribution in [-0.4, -0.2) is 11.7 Å². The molecule has 0 atom stereocenters. The molecule has 0 bridgehead atoms. The highest BCUT2D eigenvalue weighted by atomic mass is 16.1. The van der Waals surface area contributed by atoms with Crippen molar-refractivity contribution in [2.75, 3.05) is 0 Å². The zero-order valence-electron chi connectivity index (χ0n) is 8.45. The van der Waals surface area contributed by atoms with Crippen LogP contribution < -0.4 is 0 Å². The first-order chi connectivity index (χ1) is 6.65. The molecule has 0 N–H and O–H groups in total. The first kappa shape index (κ1) is 10.4. The van der Waals surface area contributed by atoms with Crippen LogP contribution in [0.1, 0.15) is 24.2 Å². The van der Waals surface area contributed by atoms with E-state index in [1.165, 1.54) is 0 Å². The minimum absolute atomic E-state index is 0.0313. The van der Waals surface area contributed by atoms with E-state index in [1.807, 2.05) is 13.8 Å². The van der Waals surface area contributed by atoms with Crippen LogP contribution in [-0.2, 0) is 0 Å². The Labute approximate surface area is 84.0 Å². The number of Topliss-reactive ketones (excluding diaryl/α,β-unsaturated/α-hetero) is 1. The Bertz CT molecular complexity index is 370. The van der Waals surface area contributed by atoms with Crippen molar-refractivity contribution in [3.63, 3.8) is 0 Å². The van der Waals surface area contributed by atoms with Crippen LogP contribution in [0.25, 0.3) is 0 Å². The fourth-order valence-corrected chi connectivity index (χ4v) is 1.12. The third-order valence-corrected chi connectivity index (χ3v) is 1.88. The molecule has 1 aromatic carbocycles. The molecule has 1 aromatic rings. The van der Waals surface area contributed by atoms with Gasteiger partial charge in [0.25, 0.3) is 0 Å². The monoisotopic (exact) mass is 187 g/mol. The molecule has 0 saturated heterocycles. The first-order valence-corrected chi connectivity index (χ1v) is 4.52. The number of aliphatic imine (C=N–C) groups is 1. The van der Waals surface area contributed by atoms with Crippen LogP contribution in [0.15, 0.2) is 35.8 Å². The lowest BCUT2D eigenvalue weighted by atomic mass is 10.0. The van der Waals surface area contributed by atoms with E-state index in [0.717, 1.165) is 11.3 Å². The molecule has 0 unspecified atom stereocenters. The van der Waals surface area contributed by atoms with Crippen LogP contribution in [0.4, 0.5) is 5.69 Å². The van der Waals surface area contributed by atoms with Gasteiger partial charge in [0.15, 0.2) is 5.78 Å². The van der Waals surface area contributed by atoms with Gasteiger partial charge < -0.3 is 0 Å². The maximum Gasteiger partial charge on any atom is 0.165 e. The summed E-state index contributed by atoms with van der Waals surface area (Å²) in [5.74, 6) is 2.63. The summed E-state index contributed by atoms with van der Waals surface area (Å²) in [7, 11) is 0. The van der Waals surface area contributed by atoms with Gasteiger partial charge in [0.1, 0.15) is 0 Å². The molecule has 0 fully saturated rings. The van der Waals surface area contributed by atoms with Crippen molar-refractivity contribution in [3.05, 3.63) is 36.4 Å². The average molecular weight is 187 g/mol. The highest BCUT2D eigenvalue weighted by molar-refractivity contribution is 5.97. The summed E-state index contributed by atoms with van der Waals surface area (Å²) in [5.41, 5.74) is 1.49. The smallest absolute Gasteiger partial charge is 0.165 e. The van der Waals surface area contributed by atoms with Crippen molar-refractivity contribution >= 4 is 17.3 Å². The Balaban J connectivity index is 2.93. The van der Waals surface area contributed by atoms with Crippen molar-refractivity contribution in [2.45, 2.75) is 13.8 Å². The molecule has 0 radical (unpaired) electrons. The molecule has 0 amide bonds. The second-order valence-electron chi connectivity index (χ2n) is 3.34. The highest BCUT2D eigenvalue weighted by Crippen LogP contribution is 2.14. The summed E-state index contributed by atoms with van der Waals surface area (Å²) in [6.45, 7) is 7.16. The third-order valence-electron chi connectivity index (χ3n) is 1.88. The summed E-state index contributed by atoms with van der Waals surface area (Å²) in [4.78, 5) is 15.4. The molecule has 14 heavy (non-hydrogen) atoms. The number of benzene rings is 1. The molecule has 0 aliphatic rings. The Morgan fingerprint density at radius 2 is 1.93 bits per heavy atom. The molecule has 0 aliphatic carbocycles. The van der Waals surface area contributed by atoms with E-state index < -0.39 is 0 Å². The SMILES string of the molecule is C=C=Nc1ccc(C(=O)C(C)C)cc1. The Hall–Kier alpha value is -1.66. The zero-order chi connectivity index (χ0) is 10.6. The molecule has 72 valence electrons. The van der Waals surface area contributed by atoms with Crippen molar-refractivity contribution in [2.24, 2.45) is 10.9 Å². The maximum atomic E-state index is 11.6. The molecule has 0 spiro atoms. The lowest BCUT2D eigenvalue weighted by Gasteiger charge is -2.03. The lowest BCUT2D eigenvalue weighted by Crippen LogP contribution is -2.06. The van der Waals surface area contributed by atoms with Gasteiger partial charge in [-0.2, -0.15) is 0 Å². The molecule has 0 aromatic heterocycles. The van der Waals surface area contributed by atoms with E-state index in [4.69, 9.17) is 0 Å². The standard InChI is InChI=1S/C12H13NO/c1-4-13-11-7-5-10(6-8-11)12(14)9(2)3/h5-9H,1H2,2-3H3. The Kier molecular flexibility index (Phi) is 3.38. The van der Waals surface area contributed by atoms with E-state index in [-0.39, 0.29) is 11.7 Å². The summed E-state index contributed by atoms with van der Waals surface area (Å²) in [6, 6.07) is 7.12. The number of hydrogen-bond donors (Lipinski definition) is 0. The molecule has 0 heterocycles. The topological polar surface area (TPSA) is 29.4 Å². The van der Waals surface area contributed by atoms with Crippen LogP contribution in [0.3, 0.4) is 0 Å². The quantitative estimate of drug-likeness (QED) is 0.528. The third kappa shape index (κ3) is 2.41. The summed E-state index contributed by atoms with van der Waals surface area (Å²) in [6.07, 6.45) is 0. The molecule has 2 nitrogen and oxygen atoms in total. The van der Waals surface area contributed by atoms with Gasteiger partial charge in [-0.1, -0.05) is 13.8 Å². The van der Waals surface area contributed by atoms with E-state index in [9.17, 15) is 4.79 Å². The number of hydrogen-bond acceptors (Lipinski definition) is 2. The Morgan fingerprint density at radius 1 is 1.36 bits per heavy atom. The van der Waals surface area contributed by atoms with Crippen LogP contribution in [0.5, 0.6) is 0 Å². The zero-order valence-corrected chi connectivity index (χ0v) is 8.45. The fourth-order valence-electron chi connectivity index (χ4n) is 1.12. The summed E-state index contributed by atoms with van der Waals surface area (Å²) >= 11 is 0. The lowest BCUT2D eigenvalue weighted by molar-refractivity contribution is 0.0939.